The van der Waals surface area contributed by atoms with Crippen LogP contribution in [0.3, 0.4) is 0 Å². The van der Waals surface area contributed by atoms with Crippen LogP contribution in [0.4, 0.5) is 0 Å². The smallest absolute Gasteiger partial charge is 0.0558 e. The lowest BCUT2D eigenvalue weighted by atomic mass is 9.97. The first-order valence-corrected chi connectivity index (χ1v) is 7.20. The quantitative estimate of drug-likeness (QED) is 0.783. The highest BCUT2D eigenvalue weighted by molar-refractivity contribution is 5.11. The van der Waals surface area contributed by atoms with E-state index in [1.54, 1.807) is 0 Å². The molecule has 1 N–H and O–H groups in total. The van der Waals surface area contributed by atoms with Crippen LogP contribution in [-0.4, -0.2) is 41.4 Å². The zero-order valence-electron chi connectivity index (χ0n) is 11.9. The van der Waals surface area contributed by atoms with E-state index >= 15 is 0 Å². The minimum absolute atomic E-state index is 0.525. The van der Waals surface area contributed by atoms with E-state index < -0.39 is 0 Å². The lowest BCUT2D eigenvalue weighted by Crippen LogP contribution is -2.30. The number of aromatic nitrogens is 2. The third-order valence-electron chi connectivity index (χ3n) is 3.96. The van der Waals surface area contributed by atoms with Crippen molar-refractivity contribution in [2.24, 2.45) is 5.92 Å². The molecule has 2 heterocycles. The summed E-state index contributed by atoms with van der Waals surface area (Å²) in [5.41, 5.74) is 1.38. The number of nitrogens with one attached hydrogen (secondary N) is 1. The molecular formula is C14H26N4. The molecule has 4 nitrogen and oxygen atoms in total. The fourth-order valence-electron chi connectivity index (χ4n) is 3.03. The predicted octanol–water partition coefficient (Wildman–Crippen LogP) is 1.90. The summed E-state index contributed by atoms with van der Waals surface area (Å²) in [6, 6.07) is 2.71. The van der Waals surface area contributed by atoms with Crippen LogP contribution < -0.4 is 5.32 Å². The molecule has 0 aromatic carbocycles. The van der Waals surface area contributed by atoms with E-state index in [-0.39, 0.29) is 0 Å². The first kappa shape index (κ1) is 13.6. The Morgan fingerprint density at radius 3 is 3.00 bits per heavy atom. The highest BCUT2D eigenvalue weighted by Gasteiger charge is 2.34. The highest BCUT2D eigenvalue weighted by Crippen LogP contribution is 2.35. The molecule has 2 rings (SSSR count). The Hall–Kier alpha value is -0.870. The van der Waals surface area contributed by atoms with Crippen molar-refractivity contribution in [3.8, 4) is 0 Å². The molecule has 2 unspecified atom stereocenters. The lowest BCUT2D eigenvalue weighted by molar-refractivity contribution is 0.257. The van der Waals surface area contributed by atoms with E-state index in [1.807, 2.05) is 6.20 Å². The standard InChI is InChI=1S/C14H26N4/c1-4-8-15-11-12-7-10-17(3)14(12)13-6-9-16-18(13)5-2/h6,9,12,14-15H,4-5,7-8,10-11H2,1-3H3. The highest BCUT2D eigenvalue weighted by atomic mass is 15.3. The second-order valence-electron chi connectivity index (χ2n) is 5.25. The molecule has 1 aromatic heterocycles. The summed E-state index contributed by atoms with van der Waals surface area (Å²) in [5.74, 6) is 0.712. The van der Waals surface area contributed by atoms with Crippen LogP contribution >= 0.6 is 0 Å². The molecule has 1 aliphatic heterocycles. The number of hydrogen-bond acceptors (Lipinski definition) is 3. The van der Waals surface area contributed by atoms with E-state index in [4.69, 9.17) is 0 Å². The minimum atomic E-state index is 0.525. The van der Waals surface area contributed by atoms with Crippen LogP contribution in [0.5, 0.6) is 0 Å². The van der Waals surface area contributed by atoms with Gasteiger partial charge >= 0.3 is 0 Å². The number of hydrogen-bond donors (Lipinski definition) is 1. The lowest BCUT2D eigenvalue weighted by Gasteiger charge is -2.26. The maximum Gasteiger partial charge on any atom is 0.0558 e. The first-order chi connectivity index (χ1) is 8.77. The molecule has 1 aliphatic rings. The minimum Gasteiger partial charge on any atom is -0.316 e. The Morgan fingerprint density at radius 2 is 2.28 bits per heavy atom. The summed E-state index contributed by atoms with van der Waals surface area (Å²) < 4.78 is 2.14. The van der Waals surface area contributed by atoms with Crippen molar-refractivity contribution in [2.75, 3.05) is 26.7 Å². The summed E-state index contributed by atoms with van der Waals surface area (Å²) in [6.07, 6.45) is 4.43. The van der Waals surface area contributed by atoms with Crippen molar-refractivity contribution in [1.29, 1.82) is 0 Å². The van der Waals surface area contributed by atoms with Crippen LogP contribution in [0.1, 0.15) is 38.4 Å². The molecule has 0 amide bonds. The molecule has 18 heavy (non-hydrogen) atoms. The Labute approximate surface area is 110 Å². The monoisotopic (exact) mass is 250 g/mol. The molecule has 1 fully saturated rings. The molecule has 0 aliphatic carbocycles. The van der Waals surface area contributed by atoms with Gasteiger partial charge in [-0.05, 0) is 58.4 Å². The Bertz CT molecular complexity index is 360. The summed E-state index contributed by atoms with van der Waals surface area (Å²) in [5, 5.41) is 7.98. The fourth-order valence-corrected chi connectivity index (χ4v) is 3.03. The van der Waals surface area contributed by atoms with Gasteiger partial charge in [-0.3, -0.25) is 9.58 Å². The van der Waals surface area contributed by atoms with Crippen molar-refractivity contribution in [3.63, 3.8) is 0 Å². The zero-order chi connectivity index (χ0) is 13.0. The maximum absolute atomic E-state index is 4.41. The van der Waals surface area contributed by atoms with Gasteiger partial charge in [0.05, 0.1) is 11.7 Å². The fraction of sp³-hybridized carbons (Fsp3) is 0.786. The van der Waals surface area contributed by atoms with E-state index in [0.29, 0.717) is 12.0 Å². The molecule has 0 spiro atoms. The third-order valence-corrected chi connectivity index (χ3v) is 3.96. The molecule has 2 atom stereocenters. The Kier molecular flexibility index (Phi) is 4.78. The summed E-state index contributed by atoms with van der Waals surface area (Å²) in [7, 11) is 2.23. The normalized spacial score (nSPS) is 24.8. The van der Waals surface area contributed by atoms with Gasteiger partial charge in [-0.25, -0.2) is 0 Å². The van der Waals surface area contributed by atoms with Gasteiger partial charge in [0.1, 0.15) is 0 Å². The molecule has 0 bridgehead atoms. The van der Waals surface area contributed by atoms with Gasteiger partial charge in [-0.2, -0.15) is 5.10 Å². The van der Waals surface area contributed by atoms with Crippen LogP contribution in [0.2, 0.25) is 0 Å². The second-order valence-corrected chi connectivity index (χ2v) is 5.25. The van der Waals surface area contributed by atoms with Crippen molar-refractivity contribution in [1.82, 2.24) is 20.0 Å². The van der Waals surface area contributed by atoms with Gasteiger partial charge in [-0.15, -0.1) is 0 Å². The number of aryl methyl sites for hydroxylation is 1. The van der Waals surface area contributed by atoms with Crippen molar-refractivity contribution < 1.29 is 0 Å². The van der Waals surface area contributed by atoms with E-state index in [1.165, 1.54) is 25.1 Å². The Morgan fingerprint density at radius 1 is 1.44 bits per heavy atom. The number of rotatable bonds is 6. The van der Waals surface area contributed by atoms with E-state index in [9.17, 15) is 0 Å². The summed E-state index contributed by atoms with van der Waals surface area (Å²) in [4.78, 5) is 2.47. The molecule has 4 heteroatoms. The number of nitrogens with zero attached hydrogens (tertiary/aromatic N) is 3. The van der Waals surface area contributed by atoms with Crippen molar-refractivity contribution >= 4 is 0 Å². The average Bonchev–Trinajstić information content (AvgIpc) is 2.96. The molecule has 0 saturated carbocycles. The van der Waals surface area contributed by atoms with Gasteiger partial charge in [0.25, 0.3) is 0 Å². The largest absolute Gasteiger partial charge is 0.316 e. The molecule has 0 radical (unpaired) electrons. The average molecular weight is 250 g/mol. The molecule has 102 valence electrons. The van der Waals surface area contributed by atoms with E-state index in [2.05, 4.69) is 47.0 Å². The van der Waals surface area contributed by atoms with Gasteiger partial charge in [-0.1, -0.05) is 6.92 Å². The third kappa shape index (κ3) is 2.75. The van der Waals surface area contributed by atoms with Crippen LogP contribution in [0, 0.1) is 5.92 Å². The first-order valence-electron chi connectivity index (χ1n) is 7.20. The topological polar surface area (TPSA) is 33.1 Å². The molecule has 1 aromatic rings. The number of likely N-dealkylation sites (tertiary alicyclic amines) is 1. The maximum atomic E-state index is 4.41. The second kappa shape index (κ2) is 6.34. The van der Waals surface area contributed by atoms with Gasteiger partial charge < -0.3 is 5.32 Å². The van der Waals surface area contributed by atoms with Gasteiger partial charge in [0, 0.05) is 12.7 Å². The van der Waals surface area contributed by atoms with Gasteiger partial charge in [0.2, 0.25) is 0 Å². The summed E-state index contributed by atoms with van der Waals surface area (Å²) >= 11 is 0. The van der Waals surface area contributed by atoms with Crippen molar-refractivity contribution in [2.45, 2.75) is 39.3 Å². The Balaban J connectivity index is 2.07. The predicted molar refractivity (Wildman–Crippen MR) is 74.5 cm³/mol. The molecule has 1 saturated heterocycles. The van der Waals surface area contributed by atoms with E-state index in [0.717, 1.165) is 19.6 Å². The van der Waals surface area contributed by atoms with Crippen LogP contribution in [0.25, 0.3) is 0 Å². The zero-order valence-corrected chi connectivity index (χ0v) is 11.9. The SMILES string of the molecule is CCCNCC1CCN(C)C1c1ccnn1CC. The van der Waals surface area contributed by atoms with Gasteiger partial charge in [0.15, 0.2) is 0 Å². The van der Waals surface area contributed by atoms with Crippen LogP contribution in [0.15, 0.2) is 12.3 Å². The van der Waals surface area contributed by atoms with Crippen LogP contribution in [-0.2, 0) is 6.54 Å². The summed E-state index contributed by atoms with van der Waals surface area (Å²) in [6.45, 7) is 8.78. The molecular weight excluding hydrogens is 224 g/mol. The van der Waals surface area contributed by atoms with Crippen molar-refractivity contribution in [3.05, 3.63) is 18.0 Å².